The molecule has 1 aromatic carbocycles. The van der Waals surface area contributed by atoms with E-state index in [1.165, 1.54) is 12.1 Å². The Morgan fingerprint density at radius 2 is 1.89 bits per heavy atom. The van der Waals surface area contributed by atoms with Crippen molar-refractivity contribution >= 4 is 35.7 Å². The summed E-state index contributed by atoms with van der Waals surface area (Å²) in [4.78, 5) is 0. The maximum Gasteiger partial charge on any atom is 0.232 e. The van der Waals surface area contributed by atoms with E-state index in [1.54, 1.807) is 6.07 Å². The van der Waals surface area contributed by atoms with Gasteiger partial charge in [-0.15, -0.1) is 0 Å². The Hall–Kier alpha value is -0.330. The van der Waals surface area contributed by atoms with E-state index in [4.69, 9.17) is 15.4 Å². The highest BCUT2D eigenvalue weighted by Crippen LogP contribution is 2.25. The van der Waals surface area contributed by atoms with Gasteiger partial charge >= 0.3 is 0 Å². The van der Waals surface area contributed by atoms with E-state index in [2.05, 4.69) is 15.9 Å². The number of ether oxygens (including phenoxy) is 1. The molecule has 0 aliphatic rings. The molecule has 0 saturated heterocycles. The molecule has 108 valence electrons. The Bertz CT molecular complexity index is 508. The third-order valence-electron chi connectivity index (χ3n) is 2.43. The van der Waals surface area contributed by atoms with Gasteiger partial charge in [0.15, 0.2) is 0 Å². The molecule has 0 spiro atoms. The van der Waals surface area contributed by atoms with Crippen LogP contribution in [0.2, 0.25) is 0 Å². The number of unbranched alkanes of at least 4 members (excludes halogenated alkanes) is 3. The maximum absolute atomic E-state index is 13.0. The first kappa shape index (κ1) is 16.7. The van der Waals surface area contributed by atoms with Crippen molar-refractivity contribution in [2.45, 2.75) is 25.7 Å². The standard InChI is InChI=1S/C12H15BrClFO3S/c13-11-6-5-10(15)9-12(11)18-7-3-1-2-4-8-19(14,16)17/h5-6,9H,1-4,7-8H2. The minimum absolute atomic E-state index is 0.00482. The SMILES string of the molecule is O=S(=O)(Cl)CCCCCCOc1cc(F)ccc1Br. The molecule has 0 amide bonds. The molecule has 0 unspecified atom stereocenters. The quantitative estimate of drug-likeness (QED) is 0.509. The van der Waals surface area contributed by atoms with Crippen molar-refractivity contribution in [1.82, 2.24) is 0 Å². The molecule has 0 aliphatic carbocycles. The highest BCUT2D eigenvalue weighted by atomic mass is 79.9. The van der Waals surface area contributed by atoms with Crippen LogP contribution in [0.5, 0.6) is 5.75 Å². The van der Waals surface area contributed by atoms with Crippen LogP contribution in [-0.2, 0) is 9.05 Å². The van der Waals surface area contributed by atoms with Crippen LogP contribution in [0, 0.1) is 5.82 Å². The highest BCUT2D eigenvalue weighted by molar-refractivity contribution is 9.10. The van der Waals surface area contributed by atoms with Gasteiger partial charge in [-0.2, -0.15) is 0 Å². The Kier molecular flexibility index (Phi) is 7.10. The van der Waals surface area contributed by atoms with Gasteiger partial charge in [0.1, 0.15) is 11.6 Å². The molecule has 1 aromatic rings. The van der Waals surface area contributed by atoms with Gasteiger partial charge in [0.2, 0.25) is 9.05 Å². The molecule has 3 nitrogen and oxygen atoms in total. The average molecular weight is 374 g/mol. The highest BCUT2D eigenvalue weighted by Gasteiger charge is 2.05. The van der Waals surface area contributed by atoms with Crippen molar-refractivity contribution in [3.8, 4) is 5.75 Å². The van der Waals surface area contributed by atoms with Gasteiger partial charge in [0.05, 0.1) is 16.8 Å². The fourth-order valence-corrected chi connectivity index (χ4v) is 2.74. The predicted molar refractivity (Wildman–Crippen MR) is 77.7 cm³/mol. The summed E-state index contributed by atoms with van der Waals surface area (Å²) >= 11 is 3.27. The summed E-state index contributed by atoms with van der Waals surface area (Å²) in [7, 11) is 1.72. The van der Waals surface area contributed by atoms with Gasteiger partial charge in [0.25, 0.3) is 0 Å². The minimum atomic E-state index is -3.38. The molecule has 0 fully saturated rings. The van der Waals surface area contributed by atoms with Crippen LogP contribution in [0.15, 0.2) is 22.7 Å². The van der Waals surface area contributed by atoms with Crippen molar-refractivity contribution in [3.05, 3.63) is 28.5 Å². The average Bonchev–Trinajstić information content (AvgIpc) is 2.31. The Labute approximate surface area is 125 Å². The largest absolute Gasteiger partial charge is 0.492 e. The summed E-state index contributed by atoms with van der Waals surface area (Å²) < 4.78 is 40.5. The fraction of sp³-hybridized carbons (Fsp3) is 0.500. The van der Waals surface area contributed by atoms with E-state index in [1.807, 2.05) is 0 Å². The molecule has 0 bridgehead atoms. The van der Waals surface area contributed by atoms with Gasteiger partial charge in [-0.05, 0) is 40.9 Å². The summed E-state index contributed by atoms with van der Waals surface area (Å²) in [5, 5.41) is 0. The van der Waals surface area contributed by atoms with Gasteiger partial charge in [-0.25, -0.2) is 12.8 Å². The second kappa shape index (κ2) is 8.07. The van der Waals surface area contributed by atoms with E-state index in [0.717, 1.165) is 19.3 Å². The molecule has 7 heteroatoms. The zero-order valence-corrected chi connectivity index (χ0v) is 13.4. The van der Waals surface area contributed by atoms with E-state index in [9.17, 15) is 12.8 Å². The van der Waals surface area contributed by atoms with Crippen molar-refractivity contribution in [3.63, 3.8) is 0 Å². The van der Waals surface area contributed by atoms with Crippen molar-refractivity contribution < 1.29 is 17.5 Å². The smallest absolute Gasteiger partial charge is 0.232 e. The molecular formula is C12H15BrClFO3S. The van der Waals surface area contributed by atoms with E-state index in [0.29, 0.717) is 23.2 Å². The van der Waals surface area contributed by atoms with Crippen LogP contribution < -0.4 is 4.74 Å². The second-order valence-corrected chi connectivity index (χ2v) is 7.83. The van der Waals surface area contributed by atoms with Gasteiger partial charge < -0.3 is 4.74 Å². The lowest BCUT2D eigenvalue weighted by atomic mass is 10.2. The molecule has 19 heavy (non-hydrogen) atoms. The monoisotopic (exact) mass is 372 g/mol. The molecule has 0 N–H and O–H groups in total. The van der Waals surface area contributed by atoms with Crippen molar-refractivity contribution in [2.24, 2.45) is 0 Å². The molecule has 1 rings (SSSR count). The molecule has 0 heterocycles. The molecule has 0 atom stereocenters. The third-order valence-corrected chi connectivity index (χ3v) is 4.33. The van der Waals surface area contributed by atoms with Crippen LogP contribution in [0.3, 0.4) is 0 Å². The van der Waals surface area contributed by atoms with Crippen molar-refractivity contribution in [2.75, 3.05) is 12.4 Å². The molecule has 0 aliphatic heterocycles. The first-order chi connectivity index (χ1) is 8.88. The maximum atomic E-state index is 13.0. The minimum Gasteiger partial charge on any atom is -0.492 e. The summed E-state index contributed by atoms with van der Waals surface area (Å²) in [5.74, 6) is 0.138. The van der Waals surface area contributed by atoms with Crippen LogP contribution in [0.25, 0.3) is 0 Å². The number of rotatable bonds is 8. The Morgan fingerprint density at radius 1 is 1.21 bits per heavy atom. The second-order valence-electron chi connectivity index (χ2n) is 4.08. The molecular weight excluding hydrogens is 359 g/mol. The lowest BCUT2D eigenvalue weighted by Gasteiger charge is -2.08. The lowest BCUT2D eigenvalue weighted by Crippen LogP contribution is -2.00. The predicted octanol–water partition coefficient (Wildman–Crippen LogP) is 4.10. The van der Waals surface area contributed by atoms with E-state index >= 15 is 0 Å². The number of halogens is 3. The molecule has 0 aromatic heterocycles. The van der Waals surface area contributed by atoms with Gasteiger partial charge in [0, 0.05) is 16.7 Å². The number of benzene rings is 1. The third kappa shape index (κ3) is 7.74. The summed E-state index contributed by atoms with van der Waals surface area (Å²) in [6.07, 6.45) is 2.96. The topological polar surface area (TPSA) is 43.4 Å². The number of hydrogen-bond acceptors (Lipinski definition) is 3. The molecule has 0 radical (unpaired) electrons. The van der Waals surface area contributed by atoms with Crippen LogP contribution in [0.4, 0.5) is 4.39 Å². The van der Waals surface area contributed by atoms with Crippen LogP contribution in [0.1, 0.15) is 25.7 Å². The van der Waals surface area contributed by atoms with Crippen LogP contribution >= 0.6 is 26.6 Å². The van der Waals surface area contributed by atoms with E-state index in [-0.39, 0.29) is 11.6 Å². The van der Waals surface area contributed by atoms with Gasteiger partial charge in [-0.1, -0.05) is 12.8 Å². The van der Waals surface area contributed by atoms with E-state index < -0.39 is 9.05 Å². The number of hydrogen-bond donors (Lipinski definition) is 0. The molecule has 0 saturated carbocycles. The fourth-order valence-electron chi connectivity index (χ4n) is 1.50. The summed E-state index contributed by atoms with van der Waals surface area (Å²) in [6, 6.07) is 4.27. The summed E-state index contributed by atoms with van der Waals surface area (Å²) in [5.41, 5.74) is 0. The van der Waals surface area contributed by atoms with Crippen molar-refractivity contribution in [1.29, 1.82) is 0 Å². The zero-order valence-electron chi connectivity index (χ0n) is 10.2. The first-order valence-electron chi connectivity index (χ1n) is 5.89. The Balaban J connectivity index is 2.16. The zero-order chi connectivity index (χ0) is 14.3. The summed E-state index contributed by atoms with van der Waals surface area (Å²) in [6.45, 7) is 0.468. The van der Waals surface area contributed by atoms with Crippen LogP contribution in [-0.4, -0.2) is 20.8 Å². The Morgan fingerprint density at radius 3 is 2.58 bits per heavy atom. The first-order valence-corrected chi connectivity index (χ1v) is 9.16. The lowest BCUT2D eigenvalue weighted by molar-refractivity contribution is 0.302. The van der Waals surface area contributed by atoms with Gasteiger partial charge in [-0.3, -0.25) is 0 Å². The normalized spacial score (nSPS) is 11.5.